The number of benzene rings is 2. The molecule has 24 heavy (non-hydrogen) atoms. The van der Waals surface area contributed by atoms with Crippen molar-refractivity contribution in [2.75, 3.05) is 12.4 Å². The van der Waals surface area contributed by atoms with Crippen LogP contribution in [0.2, 0.25) is 0 Å². The first kappa shape index (κ1) is 17.1. The van der Waals surface area contributed by atoms with Crippen LogP contribution in [0.4, 0.5) is 5.69 Å². The van der Waals surface area contributed by atoms with Gasteiger partial charge in [-0.2, -0.15) is 5.26 Å². The van der Waals surface area contributed by atoms with E-state index in [1.807, 2.05) is 38.1 Å². The molecule has 0 aliphatic heterocycles. The van der Waals surface area contributed by atoms with Gasteiger partial charge in [0, 0.05) is 5.69 Å². The van der Waals surface area contributed by atoms with Gasteiger partial charge in [0.15, 0.2) is 11.5 Å². The van der Waals surface area contributed by atoms with Crippen molar-refractivity contribution in [3.8, 4) is 17.6 Å². The highest BCUT2D eigenvalue weighted by Crippen LogP contribution is 2.27. The van der Waals surface area contributed by atoms with Crippen LogP contribution in [0.5, 0.6) is 11.5 Å². The smallest absolute Gasteiger partial charge is 0.266 e. The number of nitriles is 1. The lowest BCUT2D eigenvalue weighted by Crippen LogP contribution is -2.15. The second kappa shape index (κ2) is 7.34. The molecule has 2 N–H and O–H groups in total. The van der Waals surface area contributed by atoms with Crippen molar-refractivity contribution in [1.82, 2.24) is 0 Å². The van der Waals surface area contributed by atoms with Gasteiger partial charge < -0.3 is 15.2 Å². The fourth-order valence-electron chi connectivity index (χ4n) is 2.29. The predicted molar refractivity (Wildman–Crippen MR) is 92.8 cm³/mol. The number of methoxy groups -OCH3 is 1. The zero-order chi connectivity index (χ0) is 17.7. The highest BCUT2D eigenvalue weighted by atomic mass is 16.5. The number of rotatable bonds is 4. The minimum Gasteiger partial charge on any atom is -0.504 e. The van der Waals surface area contributed by atoms with Crippen molar-refractivity contribution < 1.29 is 14.6 Å². The summed E-state index contributed by atoms with van der Waals surface area (Å²) in [5.74, 6) is -0.216. The monoisotopic (exact) mass is 322 g/mol. The maximum absolute atomic E-state index is 12.4. The molecule has 2 aromatic carbocycles. The Morgan fingerprint density at radius 1 is 1.25 bits per heavy atom. The summed E-state index contributed by atoms with van der Waals surface area (Å²) in [6.07, 6.45) is 1.45. The standard InChI is InChI=1S/C19H18N2O3/c1-12-5-4-6-13(2)18(12)21-19(23)15(11-20)9-14-7-8-16(22)17(10-14)24-3/h4-10,22H,1-3H3,(H,21,23)/b15-9+. The average Bonchev–Trinajstić information content (AvgIpc) is 2.57. The molecule has 0 saturated carbocycles. The minimum atomic E-state index is -0.484. The molecule has 2 aromatic rings. The normalized spacial score (nSPS) is 10.8. The van der Waals surface area contributed by atoms with E-state index in [1.54, 1.807) is 12.1 Å². The number of ether oxygens (including phenoxy) is 1. The number of aromatic hydroxyl groups is 1. The molecule has 0 spiro atoms. The Morgan fingerprint density at radius 2 is 1.92 bits per heavy atom. The Labute approximate surface area is 140 Å². The number of nitrogens with zero attached hydrogens (tertiary/aromatic N) is 1. The minimum absolute atomic E-state index is 0.00635. The summed E-state index contributed by atoms with van der Waals surface area (Å²) in [7, 11) is 1.43. The first-order chi connectivity index (χ1) is 11.5. The SMILES string of the molecule is COc1cc(/C=C(\C#N)C(=O)Nc2c(C)cccc2C)ccc1O. The molecule has 0 heterocycles. The Morgan fingerprint density at radius 3 is 2.50 bits per heavy atom. The molecule has 0 bridgehead atoms. The van der Waals surface area contributed by atoms with Gasteiger partial charge in [-0.1, -0.05) is 24.3 Å². The van der Waals surface area contributed by atoms with E-state index in [2.05, 4.69) is 5.32 Å². The first-order valence-corrected chi connectivity index (χ1v) is 7.32. The Hall–Kier alpha value is -3.26. The summed E-state index contributed by atoms with van der Waals surface area (Å²) < 4.78 is 5.03. The van der Waals surface area contributed by atoms with Crippen LogP contribution in [0, 0.1) is 25.2 Å². The first-order valence-electron chi connectivity index (χ1n) is 7.32. The highest BCUT2D eigenvalue weighted by Gasteiger charge is 2.13. The summed E-state index contributed by atoms with van der Waals surface area (Å²) >= 11 is 0. The molecule has 122 valence electrons. The Bertz CT molecular complexity index is 828. The van der Waals surface area contributed by atoms with Gasteiger partial charge in [0.1, 0.15) is 11.6 Å². The lowest BCUT2D eigenvalue weighted by Gasteiger charge is -2.11. The molecule has 2 rings (SSSR count). The van der Waals surface area contributed by atoms with E-state index >= 15 is 0 Å². The van der Waals surface area contributed by atoms with Crippen LogP contribution in [0.25, 0.3) is 6.08 Å². The van der Waals surface area contributed by atoms with E-state index in [0.717, 1.165) is 11.1 Å². The van der Waals surface area contributed by atoms with E-state index in [-0.39, 0.29) is 17.1 Å². The zero-order valence-corrected chi connectivity index (χ0v) is 13.8. The lowest BCUT2D eigenvalue weighted by molar-refractivity contribution is -0.112. The highest BCUT2D eigenvalue weighted by molar-refractivity contribution is 6.10. The molecular formula is C19H18N2O3. The number of carbonyl (C=O) groups excluding carboxylic acids is 1. The summed E-state index contributed by atoms with van der Waals surface area (Å²) in [5.41, 5.74) is 3.09. The number of phenolic OH excluding ortho intramolecular Hbond substituents is 1. The number of aryl methyl sites for hydroxylation is 2. The predicted octanol–water partition coefficient (Wildman–Crippen LogP) is 3.56. The van der Waals surface area contributed by atoms with Gasteiger partial charge >= 0.3 is 0 Å². The molecule has 0 aliphatic carbocycles. The number of anilines is 1. The maximum Gasteiger partial charge on any atom is 0.266 e. The summed E-state index contributed by atoms with van der Waals surface area (Å²) in [6.45, 7) is 3.78. The summed E-state index contributed by atoms with van der Waals surface area (Å²) in [4.78, 5) is 12.4. The van der Waals surface area contributed by atoms with Crippen molar-refractivity contribution >= 4 is 17.7 Å². The van der Waals surface area contributed by atoms with Gasteiger partial charge in [0.2, 0.25) is 0 Å². The van der Waals surface area contributed by atoms with Crippen LogP contribution < -0.4 is 10.1 Å². The summed E-state index contributed by atoms with van der Waals surface area (Å²) in [5, 5.41) is 21.7. The molecule has 0 fully saturated rings. The van der Waals surface area contributed by atoms with Crippen molar-refractivity contribution in [3.63, 3.8) is 0 Å². The van der Waals surface area contributed by atoms with E-state index < -0.39 is 5.91 Å². The second-order valence-corrected chi connectivity index (χ2v) is 5.32. The molecule has 5 nitrogen and oxygen atoms in total. The molecule has 0 unspecified atom stereocenters. The molecule has 0 aliphatic rings. The van der Waals surface area contributed by atoms with E-state index in [4.69, 9.17) is 4.74 Å². The van der Waals surface area contributed by atoms with E-state index in [9.17, 15) is 15.2 Å². The molecule has 0 radical (unpaired) electrons. The van der Waals surface area contributed by atoms with Gasteiger partial charge in [-0.25, -0.2) is 0 Å². The largest absolute Gasteiger partial charge is 0.504 e. The zero-order valence-electron chi connectivity index (χ0n) is 13.8. The van der Waals surface area contributed by atoms with Crippen molar-refractivity contribution in [3.05, 3.63) is 58.7 Å². The lowest BCUT2D eigenvalue weighted by atomic mass is 10.1. The van der Waals surface area contributed by atoms with E-state index in [1.165, 1.54) is 19.3 Å². The third-order valence-electron chi connectivity index (χ3n) is 3.60. The van der Waals surface area contributed by atoms with E-state index in [0.29, 0.717) is 11.3 Å². The second-order valence-electron chi connectivity index (χ2n) is 5.32. The number of hydrogen-bond donors (Lipinski definition) is 2. The van der Waals surface area contributed by atoms with Crippen LogP contribution in [0.15, 0.2) is 42.0 Å². The fraction of sp³-hybridized carbons (Fsp3) is 0.158. The topological polar surface area (TPSA) is 82.3 Å². The summed E-state index contributed by atoms with van der Waals surface area (Å²) in [6, 6.07) is 12.2. The van der Waals surface area contributed by atoms with Crippen LogP contribution in [0.1, 0.15) is 16.7 Å². The molecule has 0 aromatic heterocycles. The Kier molecular flexibility index (Phi) is 5.23. The Balaban J connectivity index is 2.31. The fourth-order valence-corrected chi connectivity index (χ4v) is 2.29. The van der Waals surface area contributed by atoms with Crippen LogP contribution in [-0.2, 0) is 4.79 Å². The van der Waals surface area contributed by atoms with Gasteiger partial charge in [-0.05, 0) is 48.7 Å². The third kappa shape index (κ3) is 3.73. The van der Waals surface area contributed by atoms with Crippen LogP contribution in [-0.4, -0.2) is 18.1 Å². The van der Waals surface area contributed by atoms with Gasteiger partial charge in [0.25, 0.3) is 5.91 Å². The third-order valence-corrected chi connectivity index (χ3v) is 3.60. The number of nitrogens with one attached hydrogen (secondary N) is 1. The van der Waals surface area contributed by atoms with Crippen LogP contribution >= 0.6 is 0 Å². The molecule has 5 heteroatoms. The van der Waals surface area contributed by atoms with Crippen LogP contribution in [0.3, 0.4) is 0 Å². The van der Waals surface area contributed by atoms with Crippen molar-refractivity contribution in [1.29, 1.82) is 5.26 Å². The molecule has 0 atom stereocenters. The number of phenols is 1. The number of carbonyl (C=O) groups is 1. The number of amides is 1. The van der Waals surface area contributed by atoms with Gasteiger partial charge in [-0.15, -0.1) is 0 Å². The maximum atomic E-state index is 12.4. The molecular weight excluding hydrogens is 304 g/mol. The number of para-hydroxylation sites is 1. The van der Waals surface area contributed by atoms with Gasteiger partial charge in [0.05, 0.1) is 7.11 Å². The number of hydrogen-bond acceptors (Lipinski definition) is 4. The quantitative estimate of drug-likeness (QED) is 0.666. The molecule has 1 amide bonds. The van der Waals surface area contributed by atoms with Crippen molar-refractivity contribution in [2.45, 2.75) is 13.8 Å². The molecule has 0 saturated heterocycles. The van der Waals surface area contributed by atoms with Crippen molar-refractivity contribution in [2.24, 2.45) is 0 Å². The van der Waals surface area contributed by atoms with Gasteiger partial charge in [-0.3, -0.25) is 4.79 Å². The average molecular weight is 322 g/mol.